The minimum atomic E-state index is -1.90. The van der Waals surface area contributed by atoms with Crippen LogP contribution >= 0.6 is 11.3 Å². The first-order chi connectivity index (χ1) is 14.4. The number of benzene rings is 1. The summed E-state index contributed by atoms with van der Waals surface area (Å²) in [5, 5.41) is 15.8. The van der Waals surface area contributed by atoms with Gasteiger partial charge in [0.15, 0.2) is 0 Å². The number of thiophene rings is 1. The van der Waals surface area contributed by atoms with Crippen LogP contribution in [0.2, 0.25) is 0 Å². The average molecular weight is 431 g/mol. The number of fused-ring (bicyclic) bond motifs is 1. The molecular formula is C20H19F2N5O2S. The third-order valence-electron chi connectivity index (χ3n) is 4.82. The fourth-order valence-electron chi connectivity index (χ4n) is 3.44. The molecule has 1 atom stereocenters. The first-order valence-electron chi connectivity index (χ1n) is 9.38. The monoisotopic (exact) mass is 431 g/mol. The van der Waals surface area contributed by atoms with E-state index in [1.165, 1.54) is 45.6 Å². The topological polar surface area (TPSA) is 85.8 Å². The predicted octanol–water partition coefficient (Wildman–Crippen LogP) is 2.87. The Hall–Kier alpha value is -2.98. The SMILES string of the molecule is CCCc1cc2c(=O)n(C[C@](O)(Cn3cncn3)c3ccc(F)cc3F)cnc2s1. The van der Waals surface area contributed by atoms with Crippen molar-refractivity contribution in [2.24, 2.45) is 0 Å². The Morgan fingerprint density at radius 2 is 2.03 bits per heavy atom. The third-order valence-corrected chi connectivity index (χ3v) is 5.92. The molecule has 10 heteroatoms. The Labute approximate surface area is 174 Å². The van der Waals surface area contributed by atoms with Crippen LogP contribution in [-0.2, 0) is 25.1 Å². The van der Waals surface area contributed by atoms with Gasteiger partial charge in [0.25, 0.3) is 5.56 Å². The second kappa shape index (κ2) is 8.04. The van der Waals surface area contributed by atoms with Crippen LogP contribution in [0.1, 0.15) is 23.8 Å². The van der Waals surface area contributed by atoms with Gasteiger partial charge in [0.2, 0.25) is 0 Å². The van der Waals surface area contributed by atoms with Crippen molar-refractivity contribution < 1.29 is 13.9 Å². The van der Waals surface area contributed by atoms with Gasteiger partial charge in [-0.05, 0) is 18.6 Å². The van der Waals surface area contributed by atoms with Gasteiger partial charge in [-0.3, -0.25) is 9.36 Å². The largest absolute Gasteiger partial charge is 0.381 e. The highest BCUT2D eigenvalue weighted by Gasteiger charge is 2.34. The summed E-state index contributed by atoms with van der Waals surface area (Å²) in [5.74, 6) is -1.68. The molecule has 7 nitrogen and oxygen atoms in total. The second-order valence-corrected chi connectivity index (χ2v) is 8.22. The molecule has 0 amide bonds. The quantitative estimate of drug-likeness (QED) is 0.486. The van der Waals surface area contributed by atoms with Gasteiger partial charge in [-0.1, -0.05) is 19.4 Å². The number of rotatable bonds is 7. The number of aliphatic hydroxyl groups is 1. The molecule has 0 spiro atoms. The lowest BCUT2D eigenvalue weighted by molar-refractivity contribution is -0.00640. The van der Waals surface area contributed by atoms with Gasteiger partial charge in [-0.15, -0.1) is 11.3 Å². The molecule has 0 saturated heterocycles. The van der Waals surface area contributed by atoms with Gasteiger partial charge < -0.3 is 5.11 Å². The maximum Gasteiger partial charge on any atom is 0.262 e. The first-order valence-corrected chi connectivity index (χ1v) is 10.2. The van der Waals surface area contributed by atoms with Crippen LogP contribution in [0.4, 0.5) is 8.78 Å². The van der Waals surface area contributed by atoms with Gasteiger partial charge in [-0.2, -0.15) is 5.10 Å². The van der Waals surface area contributed by atoms with Crippen LogP contribution in [0.3, 0.4) is 0 Å². The van der Waals surface area contributed by atoms with Crippen molar-refractivity contribution in [1.29, 1.82) is 0 Å². The highest BCUT2D eigenvalue weighted by Crippen LogP contribution is 2.29. The number of aromatic nitrogens is 5. The van der Waals surface area contributed by atoms with Crippen LogP contribution in [0.5, 0.6) is 0 Å². The third kappa shape index (κ3) is 3.88. The molecule has 0 aliphatic rings. The zero-order valence-corrected chi connectivity index (χ0v) is 16.9. The molecular weight excluding hydrogens is 412 g/mol. The molecule has 0 saturated carbocycles. The summed E-state index contributed by atoms with van der Waals surface area (Å²) in [6.45, 7) is 1.57. The fourth-order valence-corrected chi connectivity index (χ4v) is 4.53. The van der Waals surface area contributed by atoms with Crippen molar-refractivity contribution >= 4 is 21.6 Å². The van der Waals surface area contributed by atoms with Crippen molar-refractivity contribution in [2.45, 2.75) is 38.5 Å². The number of hydrogen-bond donors (Lipinski definition) is 1. The molecule has 4 aromatic rings. The van der Waals surface area contributed by atoms with E-state index >= 15 is 0 Å². The Kier molecular flexibility index (Phi) is 5.44. The van der Waals surface area contributed by atoms with E-state index in [9.17, 15) is 18.7 Å². The van der Waals surface area contributed by atoms with Gasteiger partial charge >= 0.3 is 0 Å². The lowest BCUT2D eigenvalue weighted by atomic mass is 9.92. The molecule has 156 valence electrons. The van der Waals surface area contributed by atoms with E-state index in [1.807, 2.05) is 6.07 Å². The van der Waals surface area contributed by atoms with E-state index in [1.54, 1.807) is 0 Å². The average Bonchev–Trinajstić information content (AvgIpc) is 3.34. The normalized spacial score (nSPS) is 13.6. The number of nitrogens with zero attached hydrogens (tertiary/aromatic N) is 5. The zero-order valence-electron chi connectivity index (χ0n) is 16.1. The Morgan fingerprint density at radius 1 is 1.20 bits per heavy atom. The lowest BCUT2D eigenvalue weighted by Crippen LogP contribution is -2.40. The molecule has 0 fully saturated rings. The molecule has 3 aromatic heterocycles. The molecule has 30 heavy (non-hydrogen) atoms. The van der Waals surface area contributed by atoms with E-state index in [2.05, 4.69) is 22.0 Å². The second-order valence-electron chi connectivity index (χ2n) is 7.11. The summed E-state index contributed by atoms with van der Waals surface area (Å²) in [6, 6.07) is 4.74. The molecule has 1 aromatic carbocycles. The van der Waals surface area contributed by atoms with E-state index in [4.69, 9.17) is 0 Å². The van der Waals surface area contributed by atoms with Crippen LogP contribution in [0.25, 0.3) is 10.2 Å². The Bertz CT molecular complexity index is 1240. The first kappa shape index (κ1) is 20.3. The van der Waals surface area contributed by atoms with Crippen LogP contribution in [0.15, 0.2) is 48.0 Å². The molecule has 0 radical (unpaired) electrons. The molecule has 0 unspecified atom stereocenters. The van der Waals surface area contributed by atoms with Crippen molar-refractivity contribution in [3.8, 4) is 0 Å². The summed E-state index contributed by atoms with van der Waals surface area (Å²) in [4.78, 5) is 22.9. The van der Waals surface area contributed by atoms with Crippen LogP contribution in [-0.4, -0.2) is 29.4 Å². The van der Waals surface area contributed by atoms with E-state index in [-0.39, 0.29) is 24.2 Å². The molecule has 0 aliphatic heterocycles. The summed E-state index contributed by atoms with van der Waals surface area (Å²) < 4.78 is 30.6. The maximum absolute atomic E-state index is 14.6. The van der Waals surface area contributed by atoms with Gasteiger partial charge in [0.1, 0.15) is 34.7 Å². The highest BCUT2D eigenvalue weighted by atomic mass is 32.1. The van der Waals surface area contributed by atoms with E-state index < -0.39 is 17.2 Å². The van der Waals surface area contributed by atoms with Gasteiger partial charge in [0.05, 0.1) is 24.8 Å². The number of hydrogen-bond acceptors (Lipinski definition) is 6. The standard InChI is InChI=1S/C20H19F2N5O2S/c1-2-3-14-7-15-18(30-14)24-12-26(19(15)28)8-20(29,9-27-11-23-10-25-27)16-5-4-13(21)6-17(16)22/h4-7,10-12,29H,2-3,8-9H2,1H3/t20-/m0/s1. The lowest BCUT2D eigenvalue weighted by Gasteiger charge is -2.29. The molecule has 1 N–H and O–H groups in total. The molecule has 0 bridgehead atoms. The van der Waals surface area contributed by atoms with Crippen molar-refractivity contribution in [3.05, 3.63) is 75.7 Å². The summed E-state index contributed by atoms with van der Waals surface area (Å²) >= 11 is 1.46. The molecule has 0 aliphatic carbocycles. The van der Waals surface area contributed by atoms with Crippen LogP contribution in [0, 0.1) is 11.6 Å². The van der Waals surface area contributed by atoms with Crippen molar-refractivity contribution in [1.82, 2.24) is 24.3 Å². The number of halogens is 2. The smallest absolute Gasteiger partial charge is 0.262 e. The zero-order chi connectivity index (χ0) is 21.3. The van der Waals surface area contributed by atoms with Gasteiger partial charge in [0, 0.05) is 16.5 Å². The van der Waals surface area contributed by atoms with E-state index in [0.29, 0.717) is 16.3 Å². The van der Waals surface area contributed by atoms with Gasteiger partial charge in [-0.25, -0.2) is 23.4 Å². The van der Waals surface area contributed by atoms with Crippen molar-refractivity contribution in [3.63, 3.8) is 0 Å². The van der Waals surface area contributed by atoms with Crippen LogP contribution < -0.4 is 5.56 Å². The summed E-state index contributed by atoms with van der Waals surface area (Å²) in [6.07, 6.45) is 5.78. The molecule has 3 heterocycles. The Morgan fingerprint density at radius 3 is 2.73 bits per heavy atom. The summed E-state index contributed by atoms with van der Waals surface area (Å²) in [5.41, 5.74) is -2.38. The van der Waals surface area contributed by atoms with E-state index in [0.717, 1.165) is 23.8 Å². The minimum absolute atomic E-state index is 0.150. The fraction of sp³-hybridized carbons (Fsp3) is 0.300. The minimum Gasteiger partial charge on any atom is -0.381 e. The molecule has 4 rings (SSSR count). The highest BCUT2D eigenvalue weighted by molar-refractivity contribution is 7.18. The Balaban J connectivity index is 1.78. The van der Waals surface area contributed by atoms with Crippen molar-refractivity contribution in [2.75, 3.05) is 0 Å². The maximum atomic E-state index is 14.6. The number of aryl methyl sites for hydroxylation is 1. The summed E-state index contributed by atoms with van der Waals surface area (Å²) in [7, 11) is 0. The predicted molar refractivity (Wildman–Crippen MR) is 108 cm³/mol.